The number of hydrogen-bond acceptors (Lipinski definition) is 3. The molecule has 2 rings (SSSR count). The molecule has 0 aliphatic rings. The van der Waals surface area contributed by atoms with E-state index in [0.29, 0.717) is 12.2 Å². The Kier molecular flexibility index (Phi) is 4.02. The van der Waals surface area contributed by atoms with Gasteiger partial charge in [0.05, 0.1) is 5.56 Å². The van der Waals surface area contributed by atoms with E-state index in [2.05, 4.69) is 4.98 Å². The summed E-state index contributed by atoms with van der Waals surface area (Å²) < 4.78 is 51.4. The van der Waals surface area contributed by atoms with E-state index in [1.54, 1.807) is 6.92 Å². The highest BCUT2D eigenvalue weighted by atomic mass is 19.4. The van der Waals surface area contributed by atoms with E-state index in [1.165, 1.54) is 29.2 Å². The topological polar surface area (TPSA) is 42.1 Å². The SMILES string of the molecule is CCN(c1ccc(F)cc1)c1cc(C(F)(F)F)cc(N)n1. The highest BCUT2D eigenvalue weighted by Crippen LogP contribution is 2.34. The minimum absolute atomic E-state index is 0.0661. The summed E-state index contributed by atoms with van der Waals surface area (Å²) in [6.45, 7) is 2.11. The molecule has 7 heteroatoms. The zero-order chi connectivity index (χ0) is 15.6. The Balaban J connectivity index is 2.47. The second-order valence-electron chi connectivity index (χ2n) is 4.36. The summed E-state index contributed by atoms with van der Waals surface area (Å²) in [5, 5.41) is 0. The number of nitrogen functional groups attached to an aromatic ring is 1. The van der Waals surface area contributed by atoms with Crippen molar-refractivity contribution in [1.29, 1.82) is 0 Å². The summed E-state index contributed by atoms with van der Waals surface area (Å²) in [5.74, 6) is -0.580. The lowest BCUT2D eigenvalue weighted by atomic mass is 10.2. The summed E-state index contributed by atoms with van der Waals surface area (Å²) in [6.07, 6.45) is -4.51. The molecule has 0 atom stereocenters. The van der Waals surface area contributed by atoms with Crippen molar-refractivity contribution in [3.05, 3.63) is 47.8 Å². The monoisotopic (exact) mass is 299 g/mol. The van der Waals surface area contributed by atoms with Gasteiger partial charge in [0.15, 0.2) is 0 Å². The molecule has 0 saturated carbocycles. The van der Waals surface area contributed by atoms with Gasteiger partial charge in [-0.3, -0.25) is 0 Å². The molecule has 0 amide bonds. The van der Waals surface area contributed by atoms with Crippen LogP contribution in [0.4, 0.5) is 34.9 Å². The number of benzene rings is 1. The third kappa shape index (κ3) is 3.42. The van der Waals surface area contributed by atoms with Crippen LogP contribution in [0.15, 0.2) is 36.4 Å². The van der Waals surface area contributed by atoms with Gasteiger partial charge >= 0.3 is 6.18 Å². The van der Waals surface area contributed by atoms with Gasteiger partial charge in [0, 0.05) is 12.2 Å². The standard InChI is InChI=1S/C14H13F4N3/c1-2-21(11-5-3-10(15)4-6-11)13-8-9(14(16,17)18)7-12(19)20-13/h3-8H,2H2,1H3,(H2,19,20). The lowest BCUT2D eigenvalue weighted by Gasteiger charge is -2.23. The number of anilines is 3. The third-order valence-electron chi connectivity index (χ3n) is 2.89. The first-order valence-electron chi connectivity index (χ1n) is 6.19. The Morgan fingerprint density at radius 1 is 1.14 bits per heavy atom. The van der Waals surface area contributed by atoms with Crippen molar-refractivity contribution in [3.8, 4) is 0 Å². The number of pyridine rings is 1. The van der Waals surface area contributed by atoms with Crippen molar-refractivity contribution in [2.45, 2.75) is 13.1 Å². The number of nitrogens with two attached hydrogens (primary N) is 1. The van der Waals surface area contributed by atoms with Crippen LogP contribution in [0.2, 0.25) is 0 Å². The first-order valence-corrected chi connectivity index (χ1v) is 6.19. The zero-order valence-electron chi connectivity index (χ0n) is 11.2. The quantitative estimate of drug-likeness (QED) is 0.872. The summed E-state index contributed by atoms with van der Waals surface area (Å²) >= 11 is 0. The van der Waals surface area contributed by atoms with E-state index < -0.39 is 17.6 Å². The molecule has 0 aliphatic carbocycles. The van der Waals surface area contributed by atoms with Gasteiger partial charge in [0.2, 0.25) is 0 Å². The van der Waals surface area contributed by atoms with Crippen molar-refractivity contribution in [1.82, 2.24) is 4.98 Å². The lowest BCUT2D eigenvalue weighted by molar-refractivity contribution is -0.137. The number of aromatic nitrogens is 1. The molecule has 0 unspecified atom stereocenters. The number of nitrogens with zero attached hydrogens (tertiary/aromatic N) is 2. The Hall–Kier alpha value is -2.31. The second-order valence-corrected chi connectivity index (χ2v) is 4.36. The van der Waals surface area contributed by atoms with Crippen LogP contribution >= 0.6 is 0 Å². The fourth-order valence-electron chi connectivity index (χ4n) is 1.94. The van der Waals surface area contributed by atoms with E-state index in [-0.39, 0.29) is 11.6 Å². The molecule has 1 aromatic heterocycles. The smallest absolute Gasteiger partial charge is 0.384 e. The predicted octanol–water partition coefficient (Wildman–Crippen LogP) is 3.98. The predicted molar refractivity (Wildman–Crippen MR) is 72.7 cm³/mol. The lowest BCUT2D eigenvalue weighted by Crippen LogP contribution is -2.19. The minimum atomic E-state index is -4.51. The van der Waals surface area contributed by atoms with E-state index in [1.807, 2.05) is 0 Å². The normalized spacial score (nSPS) is 11.5. The Labute approximate surface area is 119 Å². The molecular weight excluding hydrogens is 286 g/mol. The van der Waals surface area contributed by atoms with Gasteiger partial charge in [-0.15, -0.1) is 0 Å². The molecule has 0 fully saturated rings. The van der Waals surface area contributed by atoms with Gasteiger partial charge in [0.25, 0.3) is 0 Å². The number of halogens is 4. The van der Waals surface area contributed by atoms with Crippen LogP contribution in [0.25, 0.3) is 0 Å². The molecule has 0 spiro atoms. The fraction of sp³-hybridized carbons (Fsp3) is 0.214. The number of alkyl halides is 3. The van der Waals surface area contributed by atoms with E-state index in [9.17, 15) is 17.6 Å². The summed E-state index contributed by atoms with van der Waals surface area (Å²) in [5.41, 5.74) is 5.12. The molecule has 0 saturated heterocycles. The van der Waals surface area contributed by atoms with Crippen LogP contribution in [-0.4, -0.2) is 11.5 Å². The Bertz CT molecular complexity index is 623. The van der Waals surface area contributed by atoms with Gasteiger partial charge in [-0.25, -0.2) is 9.37 Å². The van der Waals surface area contributed by atoms with Crippen molar-refractivity contribution < 1.29 is 17.6 Å². The largest absolute Gasteiger partial charge is 0.416 e. The molecule has 1 aromatic carbocycles. The average Bonchev–Trinajstić information content (AvgIpc) is 2.40. The molecule has 1 heterocycles. The van der Waals surface area contributed by atoms with Crippen LogP contribution in [0.3, 0.4) is 0 Å². The van der Waals surface area contributed by atoms with Crippen molar-refractivity contribution in [2.24, 2.45) is 0 Å². The van der Waals surface area contributed by atoms with Crippen LogP contribution in [-0.2, 0) is 6.18 Å². The van der Waals surface area contributed by atoms with Gasteiger partial charge in [-0.05, 0) is 43.3 Å². The van der Waals surface area contributed by atoms with E-state index in [0.717, 1.165) is 12.1 Å². The highest BCUT2D eigenvalue weighted by Gasteiger charge is 2.32. The molecule has 112 valence electrons. The summed E-state index contributed by atoms with van der Waals surface area (Å²) in [7, 11) is 0. The first kappa shape index (κ1) is 15.1. The maximum Gasteiger partial charge on any atom is 0.416 e. The average molecular weight is 299 g/mol. The molecule has 2 aromatic rings. The van der Waals surface area contributed by atoms with Crippen LogP contribution in [0.1, 0.15) is 12.5 Å². The maximum absolute atomic E-state index is 12.9. The van der Waals surface area contributed by atoms with Crippen molar-refractivity contribution in [2.75, 3.05) is 17.2 Å². The molecular formula is C14H13F4N3. The molecule has 3 nitrogen and oxygen atoms in total. The third-order valence-corrected chi connectivity index (χ3v) is 2.89. The zero-order valence-corrected chi connectivity index (χ0v) is 11.2. The van der Waals surface area contributed by atoms with Crippen LogP contribution in [0, 0.1) is 5.82 Å². The Morgan fingerprint density at radius 3 is 2.29 bits per heavy atom. The van der Waals surface area contributed by atoms with E-state index >= 15 is 0 Å². The highest BCUT2D eigenvalue weighted by molar-refractivity contribution is 5.62. The van der Waals surface area contributed by atoms with Crippen LogP contribution < -0.4 is 10.6 Å². The van der Waals surface area contributed by atoms with Gasteiger partial charge in [0.1, 0.15) is 17.5 Å². The van der Waals surface area contributed by atoms with Crippen molar-refractivity contribution in [3.63, 3.8) is 0 Å². The maximum atomic E-state index is 12.9. The van der Waals surface area contributed by atoms with Crippen molar-refractivity contribution >= 4 is 17.3 Å². The van der Waals surface area contributed by atoms with Gasteiger partial charge in [-0.1, -0.05) is 0 Å². The number of rotatable bonds is 3. The molecule has 0 radical (unpaired) electrons. The van der Waals surface area contributed by atoms with E-state index in [4.69, 9.17) is 5.73 Å². The minimum Gasteiger partial charge on any atom is -0.384 e. The van der Waals surface area contributed by atoms with Crippen LogP contribution in [0.5, 0.6) is 0 Å². The Morgan fingerprint density at radius 2 is 1.76 bits per heavy atom. The molecule has 2 N–H and O–H groups in total. The summed E-state index contributed by atoms with van der Waals surface area (Å²) in [4.78, 5) is 5.45. The molecule has 0 bridgehead atoms. The van der Waals surface area contributed by atoms with Gasteiger partial charge < -0.3 is 10.6 Å². The number of hydrogen-bond donors (Lipinski definition) is 1. The first-order chi connectivity index (χ1) is 9.81. The molecule has 21 heavy (non-hydrogen) atoms. The second kappa shape index (κ2) is 5.59. The fourth-order valence-corrected chi connectivity index (χ4v) is 1.94. The summed E-state index contributed by atoms with van der Waals surface area (Å²) in [6, 6.07) is 7.10. The molecule has 0 aliphatic heterocycles. The van der Waals surface area contributed by atoms with Gasteiger partial charge in [-0.2, -0.15) is 13.2 Å².